The van der Waals surface area contributed by atoms with E-state index in [1.54, 1.807) is 0 Å². The van der Waals surface area contributed by atoms with Crippen LogP contribution in [0.4, 0.5) is 9.93 Å². The Morgan fingerprint density at radius 1 is 1.25 bits per heavy atom. The Kier molecular flexibility index (Phi) is 6.74. The fourth-order valence-electron chi connectivity index (χ4n) is 1.92. The predicted molar refractivity (Wildman–Crippen MR) is 94.9 cm³/mol. The lowest BCUT2D eigenvalue weighted by Gasteiger charge is -2.04. The van der Waals surface area contributed by atoms with Gasteiger partial charge in [-0.25, -0.2) is 9.78 Å². The number of benzene rings is 1. The lowest BCUT2D eigenvalue weighted by Crippen LogP contribution is -2.18. The molecule has 6 nitrogen and oxygen atoms in total. The van der Waals surface area contributed by atoms with E-state index in [1.807, 2.05) is 36.6 Å². The molecule has 0 saturated carbocycles. The van der Waals surface area contributed by atoms with Gasteiger partial charge in [-0.1, -0.05) is 37.6 Å². The molecule has 2 aromatic rings. The monoisotopic (exact) mass is 347 g/mol. The highest BCUT2D eigenvalue weighted by Gasteiger charge is 2.08. The van der Waals surface area contributed by atoms with Gasteiger partial charge in [0, 0.05) is 24.4 Å². The molecule has 128 valence electrons. The first-order valence-electron chi connectivity index (χ1n) is 7.81. The van der Waals surface area contributed by atoms with Crippen molar-refractivity contribution >= 4 is 28.5 Å². The van der Waals surface area contributed by atoms with E-state index >= 15 is 0 Å². The molecule has 2 amide bonds. The number of ether oxygens (including phenoxy) is 1. The van der Waals surface area contributed by atoms with Crippen molar-refractivity contribution in [3.05, 3.63) is 35.2 Å². The first-order chi connectivity index (χ1) is 11.6. The quantitative estimate of drug-likeness (QED) is 0.747. The van der Waals surface area contributed by atoms with Crippen LogP contribution in [0.25, 0.3) is 11.3 Å². The van der Waals surface area contributed by atoms with Crippen LogP contribution in [0.5, 0.6) is 0 Å². The Hall–Kier alpha value is -2.41. The second-order valence-corrected chi connectivity index (χ2v) is 6.12. The number of rotatable bonds is 7. The summed E-state index contributed by atoms with van der Waals surface area (Å²) < 4.78 is 5.05. The zero-order valence-electron chi connectivity index (χ0n) is 13.8. The van der Waals surface area contributed by atoms with Gasteiger partial charge in [-0.3, -0.25) is 10.1 Å². The van der Waals surface area contributed by atoms with Crippen LogP contribution in [-0.2, 0) is 16.1 Å². The third-order valence-electron chi connectivity index (χ3n) is 3.24. The average molecular weight is 347 g/mol. The highest BCUT2D eigenvalue weighted by Crippen LogP contribution is 2.25. The van der Waals surface area contributed by atoms with E-state index < -0.39 is 6.09 Å². The number of hydrogen-bond donors (Lipinski definition) is 2. The molecule has 2 N–H and O–H groups in total. The van der Waals surface area contributed by atoms with Crippen molar-refractivity contribution in [2.75, 3.05) is 11.9 Å². The van der Waals surface area contributed by atoms with Gasteiger partial charge in [0.25, 0.3) is 0 Å². The number of nitrogens with zero attached hydrogens (tertiary/aromatic N) is 1. The van der Waals surface area contributed by atoms with Crippen LogP contribution in [0.15, 0.2) is 29.6 Å². The van der Waals surface area contributed by atoms with Crippen molar-refractivity contribution < 1.29 is 14.3 Å². The molecule has 0 radical (unpaired) electrons. The molecule has 0 atom stereocenters. The number of unbranched alkanes of at least 4 members (excludes halogenated alkanes) is 1. The number of thiazole rings is 1. The summed E-state index contributed by atoms with van der Waals surface area (Å²) in [5.74, 6) is -0.0554. The Bertz CT molecular complexity index is 683. The van der Waals surface area contributed by atoms with E-state index in [1.165, 1.54) is 18.3 Å². The van der Waals surface area contributed by atoms with Crippen molar-refractivity contribution in [3.63, 3.8) is 0 Å². The maximum absolute atomic E-state index is 11.6. The van der Waals surface area contributed by atoms with Crippen molar-refractivity contribution in [1.82, 2.24) is 10.3 Å². The van der Waals surface area contributed by atoms with Crippen LogP contribution >= 0.6 is 11.3 Å². The van der Waals surface area contributed by atoms with Crippen molar-refractivity contribution in [2.24, 2.45) is 0 Å². The van der Waals surface area contributed by atoms with Crippen LogP contribution in [0.1, 0.15) is 32.3 Å². The van der Waals surface area contributed by atoms with Crippen molar-refractivity contribution in [1.29, 1.82) is 0 Å². The molecule has 1 aromatic heterocycles. The van der Waals surface area contributed by atoms with Crippen molar-refractivity contribution in [3.8, 4) is 11.3 Å². The molecule has 2 rings (SSSR count). The minimum Gasteiger partial charge on any atom is -0.449 e. The fourth-order valence-corrected chi connectivity index (χ4v) is 2.62. The molecule has 24 heavy (non-hydrogen) atoms. The molecule has 0 aliphatic carbocycles. The minimum absolute atomic E-state index is 0.0554. The summed E-state index contributed by atoms with van der Waals surface area (Å²) in [6.07, 6.45) is 1.35. The van der Waals surface area contributed by atoms with Gasteiger partial charge in [-0.2, -0.15) is 0 Å². The van der Waals surface area contributed by atoms with Gasteiger partial charge >= 0.3 is 6.09 Å². The zero-order valence-corrected chi connectivity index (χ0v) is 14.6. The largest absolute Gasteiger partial charge is 0.449 e. The Balaban J connectivity index is 1.92. The standard InChI is InChI=1S/C17H21N3O3S/c1-3-4-9-23-17(22)20-16-19-15(11-24-16)14-7-5-13(6-8-14)10-18-12(2)21/h5-8,11H,3-4,9-10H2,1-2H3,(H,18,21)(H,19,20,22). The van der Waals surface area contributed by atoms with Gasteiger partial charge in [0.1, 0.15) is 0 Å². The number of carbonyl (C=O) groups is 2. The van der Waals surface area contributed by atoms with Crippen LogP contribution in [0.3, 0.4) is 0 Å². The second-order valence-electron chi connectivity index (χ2n) is 5.26. The van der Waals surface area contributed by atoms with Crippen LogP contribution in [0.2, 0.25) is 0 Å². The second kappa shape index (κ2) is 9.02. The Morgan fingerprint density at radius 3 is 2.67 bits per heavy atom. The van der Waals surface area contributed by atoms with Crippen LogP contribution in [0, 0.1) is 0 Å². The maximum atomic E-state index is 11.6. The van der Waals surface area contributed by atoms with Gasteiger partial charge < -0.3 is 10.1 Å². The molecule has 1 heterocycles. The highest BCUT2D eigenvalue weighted by molar-refractivity contribution is 7.14. The number of hydrogen-bond acceptors (Lipinski definition) is 5. The van der Waals surface area contributed by atoms with Gasteiger partial charge in [0.05, 0.1) is 12.3 Å². The number of amides is 2. The first kappa shape index (κ1) is 17.9. The molecular weight excluding hydrogens is 326 g/mol. The molecule has 0 bridgehead atoms. The van der Waals surface area contributed by atoms with E-state index in [4.69, 9.17) is 4.74 Å². The number of aromatic nitrogens is 1. The average Bonchev–Trinajstić information content (AvgIpc) is 3.02. The van der Waals surface area contributed by atoms with E-state index in [0.29, 0.717) is 18.3 Å². The summed E-state index contributed by atoms with van der Waals surface area (Å²) in [5.41, 5.74) is 2.75. The molecule has 0 unspecified atom stereocenters. The Morgan fingerprint density at radius 2 is 2.00 bits per heavy atom. The van der Waals surface area contributed by atoms with Crippen molar-refractivity contribution in [2.45, 2.75) is 33.2 Å². The maximum Gasteiger partial charge on any atom is 0.413 e. The fraction of sp³-hybridized carbons (Fsp3) is 0.353. The first-order valence-corrected chi connectivity index (χ1v) is 8.69. The van der Waals surface area contributed by atoms with Gasteiger partial charge in [0.15, 0.2) is 5.13 Å². The topological polar surface area (TPSA) is 80.3 Å². The normalized spacial score (nSPS) is 10.2. The SMILES string of the molecule is CCCCOC(=O)Nc1nc(-c2ccc(CNC(C)=O)cc2)cs1. The third-order valence-corrected chi connectivity index (χ3v) is 3.99. The lowest BCUT2D eigenvalue weighted by molar-refractivity contribution is -0.119. The molecule has 7 heteroatoms. The molecule has 1 aromatic carbocycles. The highest BCUT2D eigenvalue weighted by atomic mass is 32.1. The molecule has 0 spiro atoms. The van der Waals surface area contributed by atoms with E-state index in [0.717, 1.165) is 29.7 Å². The number of carbonyl (C=O) groups excluding carboxylic acids is 2. The smallest absolute Gasteiger partial charge is 0.413 e. The summed E-state index contributed by atoms with van der Waals surface area (Å²) in [5, 5.41) is 7.78. The summed E-state index contributed by atoms with van der Waals surface area (Å²) in [6.45, 7) is 4.45. The van der Waals surface area contributed by atoms with E-state index in [2.05, 4.69) is 15.6 Å². The third kappa shape index (κ3) is 5.66. The molecule has 0 aliphatic rings. The summed E-state index contributed by atoms with van der Waals surface area (Å²) in [4.78, 5) is 26.9. The summed E-state index contributed by atoms with van der Waals surface area (Å²) in [6, 6.07) is 7.76. The van der Waals surface area contributed by atoms with Crippen LogP contribution in [-0.4, -0.2) is 23.6 Å². The Labute approximate surface area is 145 Å². The number of nitrogens with one attached hydrogen (secondary N) is 2. The van der Waals surface area contributed by atoms with Gasteiger partial charge in [-0.05, 0) is 12.0 Å². The van der Waals surface area contributed by atoms with E-state index in [9.17, 15) is 9.59 Å². The lowest BCUT2D eigenvalue weighted by atomic mass is 10.1. The molecule has 0 aliphatic heterocycles. The minimum atomic E-state index is -0.477. The molecule has 0 fully saturated rings. The molecular formula is C17H21N3O3S. The summed E-state index contributed by atoms with van der Waals surface area (Å²) >= 11 is 1.35. The van der Waals surface area contributed by atoms with Gasteiger partial charge in [-0.15, -0.1) is 11.3 Å². The van der Waals surface area contributed by atoms with Crippen LogP contribution < -0.4 is 10.6 Å². The number of anilines is 1. The molecule has 0 saturated heterocycles. The van der Waals surface area contributed by atoms with Gasteiger partial charge in [0.2, 0.25) is 5.91 Å². The zero-order chi connectivity index (χ0) is 17.4. The van der Waals surface area contributed by atoms with E-state index in [-0.39, 0.29) is 5.91 Å². The predicted octanol–water partition coefficient (Wildman–Crippen LogP) is 3.79. The summed E-state index contributed by atoms with van der Waals surface area (Å²) in [7, 11) is 0.